The fraction of sp³-hybridized carbons (Fsp3) is 0.333. The Hall–Kier alpha value is -1.46. The van der Waals surface area contributed by atoms with E-state index in [0.29, 0.717) is 12.4 Å². The molecule has 0 unspecified atom stereocenters. The fourth-order valence-corrected chi connectivity index (χ4v) is 2.30. The normalized spacial score (nSPS) is 10.6. The van der Waals surface area contributed by atoms with Gasteiger partial charge >= 0.3 is 0 Å². The van der Waals surface area contributed by atoms with Crippen LogP contribution < -0.4 is 10.1 Å². The lowest BCUT2D eigenvalue weighted by atomic mass is 10.2. The Bertz CT molecular complexity index is 602. The Morgan fingerprint density at radius 1 is 1.35 bits per heavy atom. The number of hydrogen-bond donors (Lipinski definition) is 1. The van der Waals surface area contributed by atoms with Gasteiger partial charge in [-0.25, -0.2) is 4.98 Å². The lowest BCUT2D eigenvalue weighted by Gasteiger charge is -2.12. The molecule has 2 rings (SSSR count). The lowest BCUT2D eigenvalue weighted by molar-refractivity contribution is 0.445. The van der Waals surface area contributed by atoms with Crippen LogP contribution in [-0.4, -0.2) is 17.0 Å². The van der Waals surface area contributed by atoms with Crippen LogP contribution in [0, 0.1) is 6.92 Å². The molecule has 0 fully saturated rings. The molecule has 0 bridgehead atoms. The molecule has 0 saturated heterocycles. The summed E-state index contributed by atoms with van der Waals surface area (Å²) < 4.78 is 6.90. The molecule has 0 amide bonds. The van der Waals surface area contributed by atoms with E-state index in [1.165, 1.54) is 0 Å². The predicted molar refractivity (Wildman–Crippen MR) is 83.1 cm³/mol. The Balaban J connectivity index is 2.34. The van der Waals surface area contributed by atoms with Gasteiger partial charge in [-0.05, 0) is 54.5 Å². The van der Waals surface area contributed by atoms with Crippen molar-refractivity contribution in [3.05, 3.63) is 45.8 Å². The molecule has 20 heavy (non-hydrogen) atoms. The second kappa shape index (κ2) is 6.81. The minimum Gasteiger partial charge on any atom is -0.437 e. The highest BCUT2D eigenvalue weighted by Gasteiger charge is 2.10. The van der Waals surface area contributed by atoms with E-state index in [1.54, 1.807) is 6.20 Å². The molecule has 1 N–H and O–H groups in total. The van der Waals surface area contributed by atoms with E-state index in [-0.39, 0.29) is 0 Å². The van der Waals surface area contributed by atoms with Crippen LogP contribution in [0.5, 0.6) is 11.6 Å². The van der Waals surface area contributed by atoms with Crippen molar-refractivity contribution in [2.45, 2.75) is 26.8 Å². The summed E-state index contributed by atoms with van der Waals surface area (Å²) in [6, 6.07) is 5.91. The Morgan fingerprint density at radius 2 is 2.15 bits per heavy atom. The van der Waals surface area contributed by atoms with E-state index < -0.39 is 0 Å². The van der Waals surface area contributed by atoms with Crippen LogP contribution in [0.4, 0.5) is 0 Å². The van der Waals surface area contributed by atoms with Crippen molar-refractivity contribution < 1.29 is 4.74 Å². The number of aryl methyl sites for hydroxylation is 2. The average Bonchev–Trinajstić information content (AvgIpc) is 2.43. The number of pyridine rings is 2. The zero-order valence-corrected chi connectivity index (χ0v) is 13.5. The van der Waals surface area contributed by atoms with Crippen LogP contribution in [-0.2, 0) is 13.0 Å². The first-order chi connectivity index (χ1) is 9.63. The molecule has 0 spiro atoms. The third kappa shape index (κ3) is 3.55. The third-order valence-corrected chi connectivity index (χ3v) is 3.31. The van der Waals surface area contributed by atoms with Crippen molar-refractivity contribution in [2.75, 3.05) is 7.05 Å². The molecule has 2 aromatic rings. The second-order valence-electron chi connectivity index (χ2n) is 4.50. The number of nitrogens with one attached hydrogen (secondary N) is 1. The van der Waals surface area contributed by atoms with Gasteiger partial charge in [-0.1, -0.05) is 6.92 Å². The minimum absolute atomic E-state index is 0.614. The first-order valence-corrected chi connectivity index (χ1v) is 7.36. The maximum atomic E-state index is 5.96. The summed E-state index contributed by atoms with van der Waals surface area (Å²) in [5, 5.41) is 3.12. The standard InChI is InChI=1S/C15H18BrN3O/c1-4-13-14(6-5-10(2)19-13)20-15-11(8-17-3)7-12(16)9-18-15/h5-7,9,17H,4,8H2,1-3H3. The summed E-state index contributed by atoms with van der Waals surface area (Å²) >= 11 is 3.43. The van der Waals surface area contributed by atoms with Crippen molar-refractivity contribution in [1.29, 1.82) is 0 Å². The molecule has 0 saturated carbocycles. The summed E-state index contributed by atoms with van der Waals surface area (Å²) in [7, 11) is 1.90. The number of ether oxygens (including phenoxy) is 1. The molecule has 0 atom stereocenters. The topological polar surface area (TPSA) is 47.0 Å². The van der Waals surface area contributed by atoms with Crippen LogP contribution in [0.3, 0.4) is 0 Å². The summed E-state index contributed by atoms with van der Waals surface area (Å²) in [6.45, 7) is 4.74. The summed E-state index contributed by atoms with van der Waals surface area (Å²) in [5.41, 5.74) is 2.95. The van der Waals surface area contributed by atoms with E-state index in [9.17, 15) is 0 Å². The van der Waals surface area contributed by atoms with Gasteiger partial charge in [-0.2, -0.15) is 0 Å². The SMILES string of the molecule is CCc1nc(C)ccc1Oc1ncc(Br)cc1CNC. The van der Waals surface area contributed by atoms with Crippen molar-refractivity contribution in [1.82, 2.24) is 15.3 Å². The van der Waals surface area contributed by atoms with Gasteiger partial charge in [0.25, 0.3) is 0 Å². The molecular formula is C15H18BrN3O. The van der Waals surface area contributed by atoms with Crippen molar-refractivity contribution in [3.8, 4) is 11.6 Å². The highest BCUT2D eigenvalue weighted by molar-refractivity contribution is 9.10. The molecule has 2 aromatic heterocycles. The van der Waals surface area contributed by atoms with E-state index in [1.807, 2.05) is 32.2 Å². The Labute approximate surface area is 127 Å². The maximum Gasteiger partial charge on any atom is 0.223 e. The van der Waals surface area contributed by atoms with Gasteiger partial charge in [0.15, 0.2) is 5.75 Å². The van der Waals surface area contributed by atoms with Gasteiger partial charge in [-0.15, -0.1) is 0 Å². The van der Waals surface area contributed by atoms with Gasteiger partial charge in [0, 0.05) is 28.5 Å². The van der Waals surface area contributed by atoms with E-state index >= 15 is 0 Å². The average molecular weight is 336 g/mol. The zero-order chi connectivity index (χ0) is 14.5. The van der Waals surface area contributed by atoms with Crippen LogP contribution in [0.15, 0.2) is 28.9 Å². The van der Waals surface area contributed by atoms with E-state index in [4.69, 9.17) is 4.74 Å². The second-order valence-corrected chi connectivity index (χ2v) is 5.42. The molecule has 106 valence electrons. The first kappa shape index (κ1) is 14.9. The van der Waals surface area contributed by atoms with Gasteiger partial charge in [0.05, 0.1) is 5.69 Å². The highest BCUT2D eigenvalue weighted by atomic mass is 79.9. The monoisotopic (exact) mass is 335 g/mol. The molecular weight excluding hydrogens is 318 g/mol. The van der Waals surface area contributed by atoms with Crippen LogP contribution in [0.25, 0.3) is 0 Å². The quantitative estimate of drug-likeness (QED) is 0.906. The lowest BCUT2D eigenvalue weighted by Crippen LogP contribution is -2.08. The predicted octanol–water partition coefficient (Wildman–Crippen LogP) is 3.62. The first-order valence-electron chi connectivity index (χ1n) is 6.57. The molecule has 0 aliphatic carbocycles. The van der Waals surface area contributed by atoms with E-state index in [0.717, 1.165) is 33.6 Å². The van der Waals surface area contributed by atoms with Crippen molar-refractivity contribution >= 4 is 15.9 Å². The zero-order valence-electron chi connectivity index (χ0n) is 11.9. The minimum atomic E-state index is 0.614. The smallest absolute Gasteiger partial charge is 0.223 e. The van der Waals surface area contributed by atoms with Crippen molar-refractivity contribution in [2.24, 2.45) is 0 Å². The van der Waals surface area contributed by atoms with Gasteiger partial charge < -0.3 is 10.1 Å². The molecule has 0 radical (unpaired) electrons. The molecule has 2 heterocycles. The molecule has 0 aliphatic rings. The molecule has 5 heteroatoms. The number of nitrogens with zero attached hydrogens (tertiary/aromatic N) is 2. The third-order valence-electron chi connectivity index (χ3n) is 2.87. The number of aromatic nitrogens is 2. The summed E-state index contributed by atoms with van der Waals surface area (Å²) in [6.07, 6.45) is 2.57. The van der Waals surface area contributed by atoms with Gasteiger partial charge in [-0.3, -0.25) is 4.98 Å². The van der Waals surface area contributed by atoms with Crippen LogP contribution >= 0.6 is 15.9 Å². The van der Waals surface area contributed by atoms with Crippen LogP contribution in [0.1, 0.15) is 23.9 Å². The van der Waals surface area contributed by atoms with E-state index in [2.05, 4.69) is 38.1 Å². The molecule has 4 nitrogen and oxygen atoms in total. The van der Waals surface area contributed by atoms with Gasteiger partial charge in [0.2, 0.25) is 5.88 Å². The van der Waals surface area contributed by atoms with Crippen molar-refractivity contribution in [3.63, 3.8) is 0 Å². The largest absolute Gasteiger partial charge is 0.437 e. The summed E-state index contributed by atoms with van der Waals surface area (Å²) in [5.74, 6) is 1.38. The van der Waals surface area contributed by atoms with Crippen LogP contribution in [0.2, 0.25) is 0 Å². The fourth-order valence-electron chi connectivity index (χ4n) is 1.93. The molecule has 0 aliphatic heterocycles. The highest BCUT2D eigenvalue weighted by Crippen LogP contribution is 2.27. The van der Waals surface area contributed by atoms with Gasteiger partial charge in [0.1, 0.15) is 0 Å². The molecule has 0 aromatic carbocycles. The maximum absolute atomic E-state index is 5.96. The Kier molecular flexibility index (Phi) is 5.09. The Morgan fingerprint density at radius 3 is 2.85 bits per heavy atom. The summed E-state index contributed by atoms with van der Waals surface area (Å²) in [4.78, 5) is 8.86. The number of halogens is 1. The number of rotatable bonds is 5. The number of hydrogen-bond acceptors (Lipinski definition) is 4.